The molecule has 0 saturated heterocycles. The first-order chi connectivity index (χ1) is 7.51. The largest absolute Gasteiger partial charge is 0.460 e. The molecule has 4 nitrogen and oxygen atoms in total. The number of rotatable bonds is 6. The quantitative estimate of drug-likeness (QED) is 0.248. The zero-order chi connectivity index (χ0) is 12.6. The lowest BCUT2D eigenvalue weighted by Crippen LogP contribution is -2.09. The molecule has 0 aliphatic heterocycles. The van der Waals surface area contributed by atoms with Crippen LogP contribution in [0, 0.1) is 5.92 Å². The van der Waals surface area contributed by atoms with Crippen LogP contribution >= 0.6 is 0 Å². The highest BCUT2D eigenvalue weighted by Crippen LogP contribution is 2.06. The molecule has 90 valence electrons. The van der Waals surface area contributed by atoms with Gasteiger partial charge in [-0.15, -0.1) is 0 Å². The summed E-state index contributed by atoms with van der Waals surface area (Å²) in [6, 6.07) is 0. The predicted molar refractivity (Wildman–Crippen MR) is 63.6 cm³/mol. The Bertz CT molecular complexity index is 293. The van der Waals surface area contributed by atoms with E-state index in [0.717, 1.165) is 0 Å². The molecule has 4 heteroatoms. The Morgan fingerprint density at radius 3 is 2.56 bits per heavy atom. The lowest BCUT2D eigenvalue weighted by atomic mass is 10.0. The fourth-order valence-electron chi connectivity index (χ4n) is 1.10. The van der Waals surface area contributed by atoms with E-state index in [0.29, 0.717) is 12.1 Å². The topological polar surface area (TPSA) is 58.9 Å². The molecule has 0 aliphatic carbocycles. The molecule has 0 bridgehead atoms. The highest BCUT2D eigenvalue weighted by Gasteiger charge is 2.06. The van der Waals surface area contributed by atoms with Gasteiger partial charge in [-0.05, 0) is 26.3 Å². The zero-order valence-corrected chi connectivity index (χ0v) is 10.0. The third kappa shape index (κ3) is 6.01. The second kappa shape index (κ2) is 7.68. The van der Waals surface area contributed by atoms with Crippen LogP contribution in [0.1, 0.15) is 27.2 Å². The summed E-state index contributed by atoms with van der Waals surface area (Å²) in [6.45, 7) is 9.00. The van der Waals surface area contributed by atoms with E-state index in [9.17, 15) is 4.79 Å². The smallest absolute Gasteiger partial charge is 0.330 e. The minimum absolute atomic E-state index is 0.0191. The van der Waals surface area contributed by atoms with E-state index in [2.05, 4.69) is 11.7 Å². The van der Waals surface area contributed by atoms with Crippen molar-refractivity contribution in [1.29, 1.82) is 0 Å². The maximum atomic E-state index is 11.1. The number of hydrogen-bond acceptors (Lipinski definition) is 4. The Labute approximate surface area is 96.3 Å². The normalized spacial score (nSPS) is 14.1. The molecule has 1 atom stereocenters. The summed E-state index contributed by atoms with van der Waals surface area (Å²) >= 11 is 0. The first-order valence-electron chi connectivity index (χ1n) is 5.22. The third-order valence-corrected chi connectivity index (χ3v) is 1.92. The van der Waals surface area contributed by atoms with Crippen molar-refractivity contribution in [1.82, 2.24) is 0 Å². The van der Waals surface area contributed by atoms with Crippen molar-refractivity contribution < 1.29 is 14.7 Å². The van der Waals surface area contributed by atoms with Crippen LogP contribution in [0.3, 0.4) is 0 Å². The summed E-state index contributed by atoms with van der Waals surface area (Å²) in [5.74, 6) is -0.339. The number of carbonyl (C=O) groups is 1. The van der Waals surface area contributed by atoms with Crippen LogP contribution in [0.2, 0.25) is 0 Å². The Hall–Kier alpha value is -1.58. The van der Waals surface area contributed by atoms with E-state index in [1.807, 2.05) is 6.92 Å². The average Bonchev–Trinajstić information content (AvgIpc) is 2.18. The van der Waals surface area contributed by atoms with Gasteiger partial charge in [0.25, 0.3) is 0 Å². The van der Waals surface area contributed by atoms with Crippen LogP contribution in [0.4, 0.5) is 0 Å². The number of carbonyl (C=O) groups excluding carboxylic acids is 1. The van der Waals surface area contributed by atoms with Crippen LogP contribution in [-0.2, 0) is 9.53 Å². The Morgan fingerprint density at radius 1 is 1.50 bits per heavy atom. The van der Waals surface area contributed by atoms with Crippen molar-refractivity contribution in [2.45, 2.75) is 33.3 Å². The molecule has 0 aromatic carbocycles. The van der Waals surface area contributed by atoms with Gasteiger partial charge in [0.2, 0.25) is 0 Å². The Balaban J connectivity index is 4.09. The molecule has 0 fully saturated rings. The lowest BCUT2D eigenvalue weighted by Gasteiger charge is -2.07. The fraction of sp³-hybridized carbons (Fsp3) is 0.500. The highest BCUT2D eigenvalue weighted by atomic mass is 16.5. The molecule has 0 radical (unpaired) electrons. The number of ether oxygens (including phenoxy) is 1. The summed E-state index contributed by atoms with van der Waals surface area (Å²) in [7, 11) is 0. The van der Waals surface area contributed by atoms with E-state index in [1.165, 1.54) is 12.2 Å². The molecule has 16 heavy (non-hydrogen) atoms. The van der Waals surface area contributed by atoms with Gasteiger partial charge in [0.1, 0.15) is 0 Å². The molecule has 0 aromatic rings. The molecule has 0 amide bonds. The van der Waals surface area contributed by atoms with Gasteiger partial charge in [-0.25, -0.2) is 4.79 Å². The monoisotopic (exact) mass is 225 g/mol. The molecule has 1 N–H and O–H groups in total. The number of hydrogen-bond donors (Lipinski definition) is 1. The number of esters is 1. The standard InChI is InChI=1S/C12H19NO3/c1-5-11(13-15)10(4)7-6-8-12(14)16-9(2)3/h5-6,8-10,15H,1,7H2,2-4H3/b8-6+,13-11+. The van der Waals surface area contributed by atoms with Gasteiger partial charge in [-0.1, -0.05) is 24.7 Å². The maximum absolute atomic E-state index is 11.1. The van der Waals surface area contributed by atoms with Gasteiger partial charge in [0.15, 0.2) is 0 Å². The van der Waals surface area contributed by atoms with Crippen molar-refractivity contribution in [3.05, 3.63) is 24.8 Å². The molecule has 0 rings (SSSR count). The van der Waals surface area contributed by atoms with E-state index in [-0.39, 0.29) is 18.0 Å². The number of oxime groups is 1. The predicted octanol–water partition coefficient (Wildman–Crippen LogP) is 2.54. The van der Waals surface area contributed by atoms with Crippen LogP contribution in [-0.4, -0.2) is 23.0 Å². The Kier molecular flexibility index (Phi) is 6.92. The molecule has 0 aliphatic rings. The van der Waals surface area contributed by atoms with Gasteiger partial charge in [-0.2, -0.15) is 0 Å². The van der Waals surface area contributed by atoms with Crippen molar-refractivity contribution >= 4 is 11.7 Å². The third-order valence-electron chi connectivity index (χ3n) is 1.92. The van der Waals surface area contributed by atoms with Gasteiger partial charge < -0.3 is 9.94 Å². The van der Waals surface area contributed by atoms with E-state index in [4.69, 9.17) is 9.94 Å². The average molecular weight is 225 g/mol. The highest BCUT2D eigenvalue weighted by molar-refractivity contribution is 5.95. The number of nitrogens with zero attached hydrogens (tertiary/aromatic N) is 1. The van der Waals surface area contributed by atoms with Crippen LogP contribution < -0.4 is 0 Å². The fourth-order valence-corrected chi connectivity index (χ4v) is 1.10. The molecule has 0 saturated carbocycles. The second-order valence-electron chi connectivity index (χ2n) is 3.75. The SMILES string of the molecule is C=C/C(=N\O)C(C)C/C=C/C(=O)OC(C)C. The minimum Gasteiger partial charge on any atom is -0.460 e. The van der Waals surface area contributed by atoms with Crippen LogP contribution in [0.15, 0.2) is 30.0 Å². The zero-order valence-electron chi connectivity index (χ0n) is 10.0. The van der Waals surface area contributed by atoms with Crippen molar-refractivity contribution in [2.75, 3.05) is 0 Å². The van der Waals surface area contributed by atoms with Gasteiger partial charge in [0, 0.05) is 12.0 Å². The van der Waals surface area contributed by atoms with E-state index < -0.39 is 0 Å². The second-order valence-corrected chi connectivity index (χ2v) is 3.75. The summed E-state index contributed by atoms with van der Waals surface area (Å²) in [5, 5.41) is 11.7. The van der Waals surface area contributed by atoms with Gasteiger partial charge in [0.05, 0.1) is 11.8 Å². The molecular formula is C12H19NO3. The van der Waals surface area contributed by atoms with Gasteiger partial charge in [-0.3, -0.25) is 0 Å². The molecule has 1 unspecified atom stereocenters. The van der Waals surface area contributed by atoms with Gasteiger partial charge >= 0.3 is 5.97 Å². The van der Waals surface area contributed by atoms with E-state index >= 15 is 0 Å². The molecule has 0 aromatic heterocycles. The Morgan fingerprint density at radius 2 is 2.12 bits per heavy atom. The molecule has 0 spiro atoms. The van der Waals surface area contributed by atoms with Crippen LogP contribution in [0.5, 0.6) is 0 Å². The summed E-state index contributed by atoms with van der Waals surface area (Å²) < 4.78 is 4.92. The lowest BCUT2D eigenvalue weighted by molar-refractivity contribution is -0.141. The maximum Gasteiger partial charge on any atom is 0.330 e. The summed E-state index contributed by atoms with van der Waals surface area (Å²) in [4.78, 5) is 11.1. The van der Waals surface area contributed by atoms with Crippen LogP contribution in [0.25, 0.3) is 0 Å². The minimum atomic E-state index is -0.358. The first kappa shape index (κ1) is 14.4. The molecule has 0 heterocycles. The molecular weight excluding hydrogens is 206 g/mol. The van der Waals surface area contributed by atoms with Crippen molar-refractivity contribution in [2.24, 2.45) is 11.1 Å². The van der Waals surface area contributed by atoms with Crippen molar-refractivity contribution in [3.8, 4) is 0 Å². The number of allylic oxidation sites excluding steroid dienone is 2. The van der Waals surface area contributed by atoms with Crippen molar-refractivity contribution in [3.63, 3.8) is 0 Å². The summed E-state index contributed by atoms with van der Waals surface area (Å²) in [5.41, 5.74) is 0.502. The van der Waals surface area contributed by atoms with E-state index in [1.54, 1.807) is 19.9 Å². The summed E-state index contributed by atoms with van der Waals surface area (Å²) in [6.07, 6.45) is 5.06. The first-order valence-corrected chi connectivity index (χ1v) is 5.22.